The predicted molar refractivity (Wildman–Crippen MR) is 87.7 cm³/mol. The first-order valence-corrected chi connectivity index (χ1v) is 8.10. The number of nitrogens with zero attached hydrogens (tertiary/aromatic N) is 2. The second-order valence-corrected chi connectivity index (χ2v) is 5.98. The fourth-order valence-electron chi connectivity index (χ4n) is 2.70. The van der Waals surface area contributed by atoms with Crippen molar-refractivity contribution in [3.8, 4) is 0 Å². The lowest BCUT2D eigenvalue weighted by molar-refractivity contribution is 0.0532. The molecule has 120 valence electrons. The topological polar surface area (TPSA) is 47.0 Å². The molecule has 4 nitrogen and oxygen atoms in total. The maximum absolute atomic E-state index is 5.73. The van der Waals surface area contributed by atoms with Gasteiger partial charge in [0.25, 0.3) is 0 Å². The zero-order valence-corrected chi connectivity index (χ0v) is 14.7. The van der Waals surface area contributed by atoms with Crippen molar-refractivity contribution in [3.63, 3.8) is 0 Å². The predicted octanol–water partition coefficient (Wildman–Crippen LogP) is 3.68. The van der Waals surface area contributed by atoms with Crippen molar-refractivity contribution in [2.75, 3.05) is 13.2 Å². The fourth-order valence-corrected chi connectivity index (χ4v) is 2.70. The van der Waals surface area contributed by atoms with Crippen LogP contribution in [0.25, 0.3) is 0 Å². The second-order valence-electron chi connectivity index (χ2n) is 5.98. The van der Waals surface area contributed by atoms with Crippen LogP contribution in [-0.2, 0) is 4.74 Å². The lowest BCUT2D eigenvalue weighted by Crippen LogP contribution is -2.28. The van der Waals surface area contributed by atoms with E-state index in [2.05, 4.69) is 46.9 Å². The molecule has 0 bridgehead atoms. The zero-order valence-electron chi connectivity index (χ0n) is 14.7. The Hall–Kier alpha value is -1.00. The van der Waals surface area contributed by atoms with Gasteiger partial charge in [-0.25, -0.2) is 9.97 Å². The van der Waals surface area contributed by atoms with Gasteiger partial charge in [-0.15, -0.1) is 0 Å². The van der Waals surface area contributed by atoms with Crippen molar-refractivity contribution < 1.29 is 4.74 Å². The molecule has 1 N–H and O–H groups in total. The van der Waals surface area contributed by atoms with Gasteiger partial charge in [0.15, 0.2) is 5.82 Å². The molecule has 0 saturated carbocycles. The Labute approximate surface area is 129 Å². The Morgan fingerprint density at radius 2 is 1.62 bits per heavy atom. The highest BCUT2D eigenvalue weighted by atomic mass is 16.5. The Kier molecular flexibility index (Phi) is 7.26. The van der Waals surface area contributed by atoms with E-state index in [0.29, 0.717) is 18.6 Å². The molecule has 1 rings (SSSR count). The Morgan fingerprint density at radius 1 is 1.05 bits per heavy atom. The molecule has 0 amide bonds. The summed E-state index contributed by atoms with van der Waals surface area (Å²) in [6.45, 7) is 16.5. The number of rotatable bonds is 8. The fraction of sp³-hybridized carbons (Fsp3) is 0.765. The van der Waals surface area contributed by atoms with Crippen molar-refractivity contribution in [3.05, 3.63) is 22.8 Å². The molecule has 2 atom stereocenters. The van der Waals surface area contributed by atoms with Crippen molar-refractivity contribution >= 4 is 0 Å². The lowest BCUT2D eigenvalue weighted by Gasteiger charge is -2.21. The van der Waals surface area contributed by atoms with Gasteiger partial charge in [0.05, 0.1) is 0 Å². The minimum absolute atomic E-state index is 0.00513. The van der Waals surface area contributed by atoms with E-state index in [-0.39, 0.29) is 6.10 Å². The summed E-state index contributed by atoms with van der Waals surface area (Å²) in [4.78, 5) is 9.42. The van der Waals surface area contributed by atoms with Crippen LogP contribution < -0.4 is 5.32 Å². The highest BCUT2D eigenvalue weighted by molar-refractivity contribution is 5.28. The summed E-state index contributed by atoms with van der Waals surface area (Å²) in [5.74, 6) is 1.23. The molecule has 2 unspecified atom stereocenters. The summed E-state index contributed by atoms with van der Waals surface area (Å²) in [5, 5.41) is 3.49. The summed E-state index contributed by atoms with van der Waals surface area (Å²) in [6.07, 6.45) is 0.904. The molecule has 21 heavy (non-hydrogen) atoms. The molecule has 1 heterocycles. The van der Waals surface area contributed by atoms with Crippen molar-refractivity contribution in [2.24, 2.45) is 0 Å². The molecule has 1 aromatic rings. The number of ether oxygens (including phenoxy) is 1. The third kappa shape index (κ3) is 5.04. The highest BCUT2D eigenvalue weighted by Gasteiger charge is 2.19. The van der Waals surface area contributed by atoms with E-state index < -0.39 is 0 Å². The molecular weight excluding hydrogens is 262 g/mol. The van der Waals surface area contributed by atoms with Crippen LogP contribution in [0.4, 0.5) is 0 Å². The van der Waals surface area contributed by atoms with Crippen LogP contribution in [0.1, 0.15) is 75.8 Å². The average Bonchev–Trinajstić information content (AvgIpc) is 2.41. The third-order valence-corrected chi connectivity index (χ3v) is 3.70. The maximum atomic E-state index is 5.73. The summed E-state index contributed by atoms with van der Waals surface area (Å²) in [6, 6.07) is 0.496. The molecule has 0 spiro atoms. The van der Waals surface area contributed by atoms with Crippen LogP contribution in [0, 0.1) is 13.8 Å². The second kappa shape index (κ2) is 8.44. The number of aromatic nitrogens is 2. The summed E-state index contributed by atoms with van der Waals surface area (Å²) in [7, 11) is 0. The monoisotopic (exact) mass is 293 g/mol. The van der Waals surface area contributed by atoms with Crippen molar-refractivity contribution in [1.82, 2.24) is 15.3 Å². The molecule has 0 aliphatic heterocycles. The van der Waals surface area contributed by atoms with Gasteiger partial charge in [0, 0.05) is 30.6 Å². The minimum atomic E-state index is 0.00513. The van der Waals surface area contributed by atoms with Gasteiger partial charge in [0.1, 0.15) is 6.10 Å². The zero-order chi connectivity index (χ0) is 16.0. The van der Waals surface area contributed by atoms with Gasteiger partial charge >= 0.3 is 0 Å². The first kappa shape index (κ1) is 18.1. The molecule has 0 saturated heterocycles. The first-order valence-electron chi connectivity index (χ1n) is 8.10. The molecule has 0 aliphatic rings. The lowest BCUT2D eigenvalue weighted by atomic mass is 9.97. The molecule has 0 aliphatic carbocycles. The highest BCUT2D eigenvalue weighted by Crippen LogP contribution is 2.24. The summed E-state index contributed by atoms with van der Waals surface area (Å²) < 4.78 is 5.73. The van der Waals surface area contributed by atoms with Crippen molar-refractivity contribution in [2.45, 2.75) is 73.0 Å². The van der Waals surface area contributed by atoms with Crippen LogP contribution in [0.3, 0.4) is 0 Å². The van der Waals surface area contributed by atoms with E-state index in [9.17, 15) is 0 Å². The smallest absolute Gasteiger partial charge is 0.157 e. The van der Waals surface area contributed by atoms with E-state index in [0.717, 1.165) is 30.2 Å². The van der Waals surface area contributed by atoms with Gasteiger partial charge in [-0.3, -0.25) is 0 Å². The Balaban J connectivity index is 2.98. The SMILES string of the molecule is CCOC(CC)c1nc(C)c(C(C)CNC(C)C)c(C)n1. The normalized spacial score (nSPS) is 14.5. The molecule has 1 aromatic heterocycles. The number of nitrogens with one attached hydrogen (secondary N) is 1. The van der Waals surface area contributed by atoms with Crippen molar-refractivity contribution in [1.29, 1.82) is 0 Å². The third-order valence-electron chi connectivity index (χ3n) is 3.70. The van der Waals surface area contributed by atoms with Crippen LogP contribution in [0.5, 0.6) is 0 Å². The van der Waals surface area contributed by atoms with Crippen LogP contribution in [0.15, 0.2) is 0 Å². The first-order chi connectivity index (χ1) is 9.90. The van der Waals surface area contributed by atoms with E-state index in [1.54, 1.807) is 0 Å². The average molecular weight is 293 g/mol. The Morgan fingerprint density at radius 3 is 2.05 bits per heavy atom. The molecular formula is C17H31N3O. The van der Waals surface area contributed by atoms with E-state index in [4.69, 9.17) is 14.7 Å². The van der Waals surface area contributed by atoms with Crippen LogP contribution in [0.2, 0.25) is 0 Å². The number of aryl methyl sites for hydroxylation is 2. The molecule has 0 aromatic carbocycles. The quantitative estimate of drug-likeness (QED) is 0.794. The summed E-state index contributed by atoms with van der Waals surface area (Å²) >= 11 is 0. The van der Waals surface area contributed by atoms with Crippen LogP contribution in [-0.4, -0.2) is 29.2 Å². The van der Waals surface area contributed by atoms with E-state index >= 15 is 0 Å². The minimum Gasteiger partial charge on any atom is -0.371 e. The Bertz CT molecular complexity index is 423. The molecule has 0 fully saturated rings. The molecule has 0 radical (unpaired) electrons. The number of hydrogen-bond donors (Lipinski definition) is 1. The summed E-state index contributed by atoms with van der Waals surface area (Å²) in [5.41, 5.74) is 3.42. The molecule has 4 heteroatoms. The van der Waals surface area contributed by atoms with Gasteiger partial charge in [0.2, 0.25) is 0 Å². The van der Waals surface area contributed by atoms with Gasteiger partial charge < -0.3 is 10.1 Å². The maximum Gasteiger partial charge on any atom is 0.157 e. The largest absolute Gasteiger partial charge is 0.371 e. The van der Waals surface area contributed by atoms with E-state index in [1.807, 2.05) is 6.92 Å². The van der Waals surface area contributed by atoms with Gasteiger partial charge in [-0.1, -0.05) is 27.7 Å². The van der Waals surface area contributed by atoms with Crippen LogP contribution >= 0.6 is 0 Å². The standard InChI is InChI=1S/C17H31N3O/c1-8-15(21-9-2)17-19-13(6)16(14(7)20-17)12(5)10-18-11(3)4/h11-12,15,18H,8-10H2,1-7H3. The van der Waals surface area contributed by atoms with E-state index in [1.165, 1.54) is 5.56 Å². The van der Waals surface area contributed by atoms with Gasteiger partial charge in [-0.2, -0.15) is 0 Å². The van der Waals surface area contributed by atoms with Gasteiger partial charge in [-0.05, 0) is 38.7 Å². The number of hydrogen-bond acceptors (Lipinski definition) is 4.